The van der Waals surface area contributed by atoms with E-state index in [1.807, 2.05) is 19.2 Å². The van der Waals surface area contributed by atoms with Crippen molar-refractivity contribution < 1.29 is 4.52 Å². The van der Waals surface area contributed by atoms with Crippen LogP contribution in [-0.2, 0) is 6.42 Å². The lowest BCUT2D eigenvalue weighted by Crippen LogP contribution is -2.34. The minimum absolute atomic E-state index is 0.341. The molecule has 0 aromatic carbocycles. The SMILES string of the molecule is CC(C)(N)Cc1nc(-c2cscn2)no1. The van der Waals surface area contributed by atoms with Crippen LogP contribution in [0.25, 0.3) is 11.5 Å². The second kappa shape index (κ2) is 3.71. The van der Waals surface area contributed by atoms with Gasteiger partial charge in [-0.15, -0.1) is 11.3 Å². The quantitative estimate of drug-likeness (QED) is 0.854. The van der Waals surface area contributed by atoms with E-state index in [4.69, 9.17) is 10.3 Å². The third-order valence-electron chi connectivity index (χ3n) is 1.74. The highest BCUT2D eigenvalue weighted by atomic mass is 32.1. The third kappa shape index (κ3) is 2.60. The Morgan fingerprint density at radius 3 is 2.93 bits per heavy atom. The molecule has 80 valence electrons. The molecule has 0 aliphatic carbocycles. The zero-order valence-electron chi connectivity index (χ0n) is 8.60. The van der Waals surface area contributed by atoms with Crippen molar-refractivity contribution in [1.29, 1.82) is 0 Å². The lowest BCUT2D eigenvalue weighted by Gasteiger charge is -2.14. The van der Waals surface area contributed by atoms with Gasteiger partial charge in [0.05, 0.1) is 5.51 Å². The van der Waals surface area contributed by atoms with E-state index in [-0.39, 0.29) is 5.54 Å². The van der Waals surface area contributed by atoms with Crippen molar-refractivity contribution in [3.05, 3.63) is 16.8 Å². The lowest BCUT2D eigenvalue weighted by atomic mass is 10.0. The molecule has 0 bridgehead atoms. The van der Waals surface area contributed by atoms with Crippen molar-refractivity contribution in [3.8, 4) is 11.5 Å². The number of nitrogens with two attached hydrogens (primary N) is 1. The molecule has 2 rings (SSSR count). The van der Waals surface area contributed by atoms with Crippen molar-refractivity contribution in [2.75, 3.05) is 0 Å². The first kappa shape index (κ1) is 10.3. The number of nitrogens with zero attached hydrogens (tertiary/aromatic N) is 3. The number of thiazole rings is 1. The summed E-state index contributed by atoms with van der Waals surface area (Å²) >= 11 is 1.50. The molecule has 0 unspecified atom stereocenters. The molecule has 0 amide bonds. The highest BCUT2D eigenvalue weighted by Crippen LogP contribution is 2.16. The number of rotatable bonds is 3. The highest BCUT2D eigenvalue weighted by Gasteiger charge is 2.17. The third-order valence-corrected chi connectivity index (χ3v) is 2.32. The van der Waals surface area contributed by atoms with E-state index in [1.165, 1.54) is 11.3 Å². The van der Waals surface area contributed by atoms with E-state index < -0.39 is 0 Å². The van der Waals surface area contributed by atoms with Gasteiger partial charge in [-0.1, -0.05) is 5.16 Å². The molecule has 6 heteroatoms. The monoisotopic (exact) mass is 224 g/mol. The Morgan fingerprint density at radius 1 is 1.53 bits per heavy atom. The Labute approximate surface area is 91.3 Å². The first-order chi connectivity index (χ1) is 7.04. The molecule has 2 aromatic rings. The second-order valence-electron chi connectivity index (χ2n) is 4.05. The van der Waals surface area contributed by atoms with Crippen LogP contribution in [0.1, 0.15) is 19.7 Å². The van der Waals surface area contributed by atoms with Crippen molar-refractivity contribution in [1.82, 2.24) is 15.1 Å². The Hall–Kier alpha value is -1.27. The van der Waals surface area contributed by atoms with Crippen molar-refractivity contribution in [2.24, 2.45) is 5.73 Å². The molecular formula is C9H12N4OS. The minimum atomic E-state index is -0.341. The van der Waals surface area contributed by atoms with Gasteiger partial charge >= 0.3 is 0 Å². The van der Waals surface area contributed by atoms with E-state index in [0.717, 1.165) is 5.69 Å². The Bertz CT molecular complexity index is 429. The minimum Gasteiger partial charge on any atom is -0.339 e. The van der Waals surface area contributed by atoms with Gasteiger partial charge in [-0.2, -0.15) is 4.98 Å². The second-order valence-corrected chi connectivity index (χ2v) is 4.77. The molecule has 0 atom stereocenters. The summed E-state index contributed by atoms with van der Waals surface area (Å²) in [6.07, 6.45) is 0.560. The van der Waals surface area contributed by atoms with Crippen molar-refractivity contribution >= 4 is 11.3 Å². The predicted molar refractivity (Wildman–Crippen MR) is 57.4 cm³/mol. The maximum atomic E-state index is 5.85. The molecule has 15 heavy (non-hydrogen) atoms. The molecule has 0 aliphatic heterocycles. The van der Waals surface area contributed by atoms with Gasteiger partial charge in [-0.3, -0.25) is 0 Å². The van der Waals surface area contributed by atoms with E-state index in [0.29, 0.717) is 18.1 Å². The zero-order valence-corrected chi connectivity index (χ0v) is 9.41. The maximum Gasteiger partial charge on any atom is 0.228 e. The Kier molecular flexibility index (Phi) is 2.54. The molecule has 5 nitrogen and oxygen atoms in total. The number of hydrogen-bond donors (Lipinski definition) is 1. The zero-order chi connectivity index (χ0) is 10.9. The van der Waals surface area contributed by atoms with E-state index in [9.17, 15) is 0 Å². The normalized spacial score (nSPS) is 11.9. The van der Waals surface area contributed by atoms with Crippen LogP contribution in [0.5, 0.6) is 0 Å². The summed E-state index contributed by atoms with van der Waals surface area (Å²) in [4.78, 5) is 8.32. The Morgan fingerprint density at radius 2 is 2.33 bits per heavy atom. The van der Waals surface area contributed by atoms with Gasteiger partial charge in [0.15, 0.2) is 0 Å². The molecule has 0 aliphatic rings. The van der Waals surface area contributed by atoms with Crippen LogP contribution in [0.15, 0.2) is 15.4 Å². The van der Waals surface area contributed by atoms with Gasteiger partial charge in [0.1, 0.15) is 5.69 Å². The van der Waals surface area contributed by atoms with Crippen LogP contribution in [0.3, 0.4) is 0 Å². The predicted octanol–water partition coefficient (Wildman–Crippen LogP) is 1.47. The van der Waals surface area contributed by atoms with Gasteiger partial charge < -0.3 is 10.3 Å². The van der Waals surface area contributed by atoms with Crippen molar-refractivity contribution in [3.63, 3.8) is 0 Å². The van der Waals surface area contributed by atoms with Gasteiger partial charge in [0.25, 0.3) is 0 Å². The summed E-state index contributed by atoms with van der Waals surface area (Å²) < 4.78 is 5.09. The molecule has 0 spiro atoms. The van der Waals surface area contributed by atoms with Crippen LogP contribution in [0.4, 0.5) is 0 Å². The van der Waals surface area contributed by atoms with Crippen LogP contribution in [0, 0.1) is 0 Å². The summed E-state index contributed by atoms with van der Waals surface area (Å²) in [6.45, 7) is 3.83. The van der Waals surface area contributed by atoms with E-state index in [2.05, 4.69) is 15.1 Å². The van der Waals surface area contributed by atoms with Gasteiger partial charge in [-0.05, 0) is 13.8 Å². The fraction of sp³-hybridized carbons (Fsp3) is 0.444. The van der Waals surface area contributed by atoms with E-state index >= 15 is 0 Å². The maximum absolute atomic E-state index is 5.85. The molecule has 0 saturated heterocycles. The van der Waals surface area contributed by atoms with Gasteiger partial charge in [-0.25, -0.2) is 4.98 Å². The Balaban J connectivity index is 2.18. The average Bonchev–Trinajstić information content (AvgIpc) is 2.68. The van der Waals surface area contributed by atoms with Crippen molar-refractivity contribution in [2.45, 2.75) is 25.8 Å². The molecule has 2 N–H and O–H groups in total. The van der Waals surface area contributed by atoms with Crippen LogP contribution in [0.2, 0.25) is 0 Å². The molecule has 0 radical (unpaired) electrons. The van der Waals surface area contributed by atoms with Crippen LogP contribution < -0.4 is 5.73 Å². The smallest absolute Gasteiger partial charge is 0.228 e. The molecule has 0 fully saturated rings. The summed E-state index contributed by atoms with van der Waals surface area (Å²) in [5, 5.41) is 5.72. The fourth-order valence-electron chi connectivity index (χ4n) is 1.14. The molecule has 2 heterocycles. The highest BCUT2D eigenvalue weighted by molar-refractivity contribution is 7.07. The summed E-state index contributed by atoms with van der Waals surface area (Å²) in [7, 11) is 0. The molecule has 2 aromatic heterocycles. The molecule has 0 saturated carbocycles. The lowest BCUT2D eigenvalue weighted by molar-refractivity contribution is 0.348. The molecular weight excluding hydrogens is 212 g/mol. The first-order valence-corrected chi connectivity index (χ1v) is 5.49. The first-order valence-electron chi connectivity index (χ1n) is 4.55. The van der Waals surface area contributed by atoms with Gasteiger partial charge in [0, 0.05) is 17.3 Å². The topological polar surface area (TPSA) is 77.8 Å². The summed E-state index contributed by atoms with van der Waals surface area (Å²) in [5.41, 5.74) is 7.99. The summed E-state index contributed by atoms with van der Waals surface area (Å²) in [6, 6.07) is 0. The van der Waals surface area contributed by atoms with Crippen LogP contribution in [-0.4, -0.2) is 20.7 Å². The fourth-order valence-corrected chi connectivity index (χ4v) is 1.67. The standard InChI is InChI=1S/C9H12N4OS/c1-9(2,10)3-7-12-8(13-14-7)6-4-15-5-11-6/h4-5H,3,10H2,1-2H3. The largest absolute Gasteiger partial charge is 0.339 e. The number of aromatic nitrogens is 3. The van der Waals surface area contributed by atoms with Crippen LogP contribution >= 0.6 is 11.3 Å². The average molecular weight is 224 g/mol. The van der Waals surface area contributed by atoms with Gasteiger partial charge in [0.2, 0.25) is 11.7 Å². The van der Waals surface area contributed by atoms with E-state index in [1.54, 1.807) is 5.51 Å². The number of hydrogen-bond acceptors (Lipinski definition) is 6. The summed E-state index contributed by atoms with van der Waals surface area (Å²) in [5.74, 6) is 1.07.